The third-order valence-electron chi connectivity index (χ3n) is 1.94. The predicted molar refractivity (Wildman–Crippen MR) is 55.0 cm³/mol. The fraction of sp³-hybridized carbons (Fsp3) is 0.600. The average Bonchev–Trinajstić information content (AvgIpc) is 2.45. The summed E-state index contributed by atoms with van der Waals surface area (Å²) in [5.41, 5.74) is 0.616. The first-order valence-corrected chi connectivity index (χ1v) is 4.85. The van der Waals surface area contributed by atoms with Gasteiger partial charge in [0.2, 0.25) is 5.88 Å². The lowest BCUT2D eigenvalue weighted by atomic mass is 10.2. The minimum atomic E-state index is -0.877. The molecule has 0 aliphatic heterocycles. The molecule has 5 nitrogen and oxygen atoms in total. The van der Waals surface area contributed by atoms with E-state index in [0.717, 1.165) is 6.54 Å². The van der Waals surface area contributed by atoms with Gasteiger partial charge >= 0.3 is 5.97 Å². The van der Waals surface area contributed by atoms with Crippen LogP contribution in [0.1, 0.15) is 19.4 Å². The number of aliphatic carboxylic acids is 1. The molecular formula is C10H16N2O3. The van der Waals surface area contributed by atoms with E-state index < -0.39 is 5.97 Å². The van der Waals surface area contributed by atoms with Crippen LogP contribution in [0, 0.1) is 5.92 Å². The lowest BCUT2D eigenvalue weighted by Gasteiger charge is -2.09. The van der Waals surface area contributed by atoms with Gasteiger partial charge in [-0.3, -0.25) is 4.79 Å². The molecule has 0 fully saturated rings. The summed E-state index contributed by atoms with van der Waals surface area (Å²) in [6.45, 7) is 4.86. The quantitative estimate of drug-likeness (QED) is 0.795. The number of hydrogen-bond donors (Lipinski definition) is 1. The zero-order chi connectivity index (χ0) is 11.4. The van der Waals surface area contributed by atoms with Gasteiger partial charge in [0.05, 0.1) is 19.7 Å². The van der Waals surface area contributed by atoms with Crippen molar-refractivity contribution < 1.29 is 14.6 Å². The first kappa shape index (κ1) is 11.6. The van der Waals surface area contributed by atoms with E-state index in [4.69, 9.17) is 9.84 Å². The Morgan fingerprint density at radius 3 is 2.80 bits per heavy atom. The summed E-state index contributed by atoms with van der Waals surface area (Å²) in [5, 5.41) is 12.8. The molecule has 0 aliphatic rings. The van der Waals surface area contributed by atoms with Gasteiger partial charge in [-0.2, -0.15) is 5.10 Å². The highest BCUT2D eigenvalue weighted by Gasteiger charge is 2.14. The van der Waals surface area contributed by atoms with Crippen molar-refractivity contribution in [2.45, 2.75) is 26.8 Å². The summed E-state index contributed by atoms with van der Waals surface area (Å²) in [5.74, 6) is 0.111. The third kappa shape index (κ3) is 2.97. The highest BCUT2D eigenvalue weighted by Crippen LogP contribution is 2.19. The molecule has 0 bridgehead atoms. The molecule has 0 aromatic carbocycles. The van der Waals surface area contributed by atoms with Gasteiger partial charge in [-0.1, -0.05) is 13.8 Å². The number of rotatable bonds is 5. The smallest absolute Gasteiger partial charge is 0.308 e. The van der Waals surface area contributed by atoms with Crippen LogP contribution in [0.3, 0.4) is 0 Å². The van der Waals surface area contributed by atoms with Crippen LogP contribution < -0.4 is 4.74 Å². The number of carboxylic acid groups (broad SMARTS) is 1. The summed E-state index contributed by atoms with van der Waals surface area (Å²) in [4.78, 5) is 10.6. The van der Waals surface area contributed by atoms with Gasteiger partial charge in [0.1, 0.15) is 0 Å². The first-order chi connectivity index (χ1) is 7.04. The van der Waals surface area contributed by atoms with E-state index >= 15 is 0 Å². The molecule has 0 saturated carbocycles. The molecule has 1 heterocycles. The predicted octanol–water partition coefficient (Wildman–Crippen LogP) is 1.17. The second-order valence-corrected chi connectivity index (χ2v) is 3.83. The highest BCUT2D eigenvalue weighted by atomic mass is 16.5. The molecule has 0 spiro atoms. The van der Waals surface area contributed by atoms with Crippen LogP contribution in [-0.2, 0) is 17.8 Å². The number of carbonyl (C=O) groups is 1. The van der Waals surface area contributed by atoms with E-state index in [9.17, 15) is 4.79 Å². The molecule has 0 radical (unpaired) electrons. The first-order valence-electron chi connectivity index (χ1n) is 4.85. The van der Waals surface area contributed by atoms with Gasteiger partial charge in [-0.15, -0.1) is 0 Å². The zero-order valence-corrected chi connectivity index (χ0v) is 9.23. The van der Waals surface area contributed by atoms with Crippen molar-refractivity contribution in [3.05, 3.63) is 11.8 Å². The Bertz CT molecular complexity index is 344. The van der Waals surface area contributed by atoms with Crippen LogP contribution in [0.15, 0.2) is 6.20 Å². The van der Waals surface area contributed by atoms with Crippen molar-refractivity contribution in [2.24, 2.45) is 5.92 Å². The van der Waals surface area contributed by atoms with E-state index in [-0.39, 0.29) is 6.42 Å². The Morgan fingerprint density at radius 2 is 2.33 bits per heavy atom. The zero-order valence-electron chi connectivity index (χ0n) is 9.23. The molecule has 5 heteroatoms. The van der Waals surface area contributed by atoms with Crippen molar-refractivity contribution in [3.8, 4) is 5.88 Å². The van der Waals surface area contributed by atoms with E-state index in [1.807, 2.05) is 0 Å². The van der Waals surface area contributed by atoms with Gasteiger partial charge < -0.3 is 9.84 Å². The summed E-state index contributed by atoms with van der Waals surface area (Å²) < 4.78 is 6.85. The largest absolute Gasteiger partial charge is 0.481 e. The van der Waals surface area contributed by atoms with Crippen LogP contribution >= 0.6 is 0 Å². The Labute approximate surface area is 88.7 Å². The molecule has 1 aromatic rings. The third-order valence-corrected chi connectivity index (χ3v) is 1.94. The summed E-state index contributed by atoms with van der Waals surface area (Å²) in [7, 11) is 1.53. The number of carboxylic acids is 1. The van der Waals surface area contributed by atoms with Gasteiger partial charge in [-0.05, 0) is 5.92 Å². The lowest BCUT2D eigenvalue weighted by molar-refractivity contribution is -0.136. The minimum absolute atomic E-state index is 0.0543. The summed E-state index contributed by atoms with van der Waals surface area (Å²) in [6.07, 6.45) is 1.50. The lowest BCUT2D eigenvalue weighted by Crippen LogP contribution is -2.09. The Kier molecular flexibility index (Phi) is 3.71. The summed E-state index contributed by atoms with van der Waals surface area (Å²) >= 11 is 0. The average molecular weight is 212 g/mol. The highest BCUT2D eigenvalue weighted by molar-refractivity contribution is 5.70. The normalized spacial score (nSPS) is 10.7. The SMILES string of the molecule is COc1c(CC(=O)O)cnn1CC(C)C. The Hall–Kier alpha value is -1.52. The molecule has 15 heavy (non-hydrogen) atoms. The molecule has 1 N–H and O–H groups in total. The monoisotopic (exact) mass is 212 g/mol. The molecule has 1 aromatic heterocycles. The molecule has 1 rings (SSSR count). The standard InChI is InChI=1S/C10H16N2O3/c1-7(2)6-12-10(15-3)8(5-11-12)4-9(13)14/h5,7H,4,6H2,1-3H3,(H,13,14). The number of ether oxygens (including phenoxy) is 1. The number of aromatic nitrogens is 2. The van der Waals surface area contributed by atoms with Crippen LogP contribution in [-0.4, -0.2) is 28.0 Å². The maximum absolute atomic E-state index is 10.6. The minimum Gasteiger partial charge on any atom is -0.481 e. The molecule has 0 saturated heterocycles. The summed E-state index contributed by atoms with van der Waals surface area (Å²) in [6, 6.07) is 0. The van der Waals surface area contributed by atoms with E-state index in [0.29, 0.717) is 17.4 Å². The molecule has 0 aliphatic carbocycles. The van der Waals surface area contributed by atoms with Crippen molar-refractivity contribution in [1.29, 1.82) is 0 Å². The van der Waals surface area contributed by atoms with Gasteiger partial charge in [-0.25, -0.2) is 4.68 Å². The fourth-order valence-electron chi connectivity index (χ4n) is 1.41. The van der Waals surface area contributed by atoms with Gasteiger partial charge in [0.15, 0.2) is 0 Å². The number of nitrogens with zero attached hydrogens (tertiary/aromatic N) is 2. The van der Waals surface area contributed by atoms with Gasteiger partial charge in [0, 0.05) is 12.1 Å². The maximum atomic E-state index is 10.6. The van der Waals surface area contributed by atoms with Crippen LogP contribution in [0.25, 0.3) is 0 Å². The van der Waals surface area contributed by atoms with Crippen LogP contribution in [0.5, 0.6) is 5.88 Å². The topological polar surface area (TPSA) is 64.3 Å². The number of methoxy groups -OCH3 is 1. The fourth-order valence-corrected chi connectivity index (χ4v) is 1.41. The Morgan fingerprint density at radius 1 is 1.67 bits per heavy atom. The van der Waals surface area contributed by atoms with E-state index in [1.165, 1.54) is 7.11 Å². The van der Waals surface area contributed by atoms with Crippen molar-refractivity contribution in [3.63, 3.8) is 0 Å². The molecule has 0 atom stereocenters. The van der Waals surface area contributed by atoms with E-state index in [2.05, 4.69) is 18.9 Å². The number of hydrogen-bond acceptors (Lipinski definition) is 3. The molecular weight excluding hydrogens is 196 g/mol. The van der Waals surface area contributed by atoms with Gasteiger partial charge in [0.25, 0.3) is 0 Å². The van der Waals surface area contributed by atoms with E-state index in [1.54, 1.807) is 10.9 Å². The Balaban J connectivity index is 2.89. The molecule has 0 amide bonds. The molecule has 0 unspecified atom stereocenters. The van der Waals surface area contributed by atoms with Crippen molar-refractivity contribution in [2.75, 3.05) is 7.11 Å². The van der Waals surface area contributed by atoms with Crippen LogP contribution in [0.2, 0.25) is 0 Å². The second-order valence-electron chi connectivity index (χ2n) is 3.83. The van der Waals surface area contributed by atoms with Crippen molar-refractivity contribution >= 4 is 5.97 Å². The maximum Gasteiger partial charge on any atom is 0.308 e. The van der Waals surface area contributed by atoms with Crippen LogP contribution in [0.4, 0.5) is 0 Å². The van der Waals surface area contributed by atoms with Crippen molar-refractivity contribution in [1.82, 2.24) is 9.78 Å². The molecule has 84 valence electrons. The second kappa shape index (κ2) is 4.82.